The lowest BCUT2D eigenvalue weighted by atomic mass is 9.96. The summed E-state index contributed by atoms with van der Waals surface area (Å²) < 4.78 is 29.4. The van der Waals surface area contributed by atoms with E-state index in [-0.39, 0.29) is 10.8 Å². The van der Waals surface area contributed by atoms with Gasteiger partial charge in [-0.2, -0.15) is 0 Å². The first kappa shape index (κ1) is 17.8. The molecule has 6 nitrogen and oxygen atoms in total. The molecule has 2 aromatic rings. The van der Waals surface area contributed by atoms with Crippen LogP contribution in [0.1, 0.15) is 35.8 Å². The Morgan fingerprint density at radius 1 is 1.28 bits per heavy atom. The highest BCUT2D eigenvalue weighted by molar-refractivity contribution is 7.90. The number of piperidine rings is 1. The molecule has 0 saturated carbocycles. The van der Waals surface area contributed by atoms with Crippen LogP contribution in [0.4, 0.5) is 0 Å². The fourth-order valence-corrected chi connectivity index (χ4v) is 3.93. The molecule has 25 heavy (non-hydrogen) atoms. The van der Waals surface area contributed by atoms with Crippen LogP contribution in [0.15, 0.2) is 35.4 Å². The van der Waals surface area contributed by atoms with Crippen molar-refractivity contribution in [3.05, 3.63) is 47.5 Å². The van der Waals surface area contributed by atoms with Crippen LogP contribution in [0.25, 0.3) is 0 Å². The van der Waals surface area contributed by atoms with Gasteiger partial charge in [0.2, 0.25) is 0 Å². The normalized spacial score (nSPS) is 18.1. The van der Waals surface area contributed by atoms with Crippen LogP contribution in [0, 0.1) is 0 Å². The highest BCUT2D eigenvalue weighted by Gasteiger charge is 2.25. The average Bonchev–Trinajstić information content (AvgIpc) is 2.62. The first-order chi connectivity index (χ1) is 12.0. The van der Waals surface area contributed by atoms with Crippen molar-refractivity contribution in [1.29, 1.82) is 0 Å². The number of rotatable bonds is 5. The van der Waals surface area contributed by atoms with Crippen LogP contribution >= 0.6 is 0 Å². The maximum Gasteiger partial charge on any atom is 0.178 e. The minimum Gasteiger partial charge on any atom is -0.497 e. The molecular weight excluding hydrogens is 338 g/mol. The van der Waals surface area contributed by atoms with E-state index in [1.54, 1.807) is 7.11 Å². The highest BCUT2D eigenvalue weighted by Crippen LogP contribution is 2.27. The maximum absolute atomic E-state index is 12.1. The summed E-state index contributed by atoms with van der Waals surface area (Å²) >= 11 is 0. The van der Waals surface area contributed by atoms with Gasteiger partial charge < -0.3 is 10.1 Å². The van der Waals surface area contributed by atoms with E-state index in [9.17, 15) is 8.42 Å². The molecule has 134 valence electrons. The molecule has 0 aliphatic carbocycles. The molecule has 0 amide bonds. The van der Waals surface area contributed by atoms with Crippen molar-refractivity contribution in [3.63, 3.8) is 0 Å². The third-order valence-electron chi connectivity index (χ3n) is 4.44. The number of methoxy groups -OCH3 is 1. The molecule has 2 heterocycles. The Kier molecular flexibility index (Phi) is 5.34. The van der Waals surface area contributed by atoms with E-state index < -0.39 is 9.84 Å². The number of nitrogens with zero attached hydrogens (tertiary/aromatic N) is 2. The molecule has 1 aliphatic heterocycles. The van der Waals surface area contributed by atoms with Gasteiger partial charge in [0.1, 0.15) is 16.5 Å². The second kappa shape index (κ2) is 7.49. The predicted molar refractivity (Wildman–Crippen MR) is 95.8 cm³/mol. The molecule has 1 aliphatic rings. The highest BCUT2D eigenvalue weighted by atomic mass is 32.2. The van der Waals surface area contributed by atoms with Gasteiger partial charge in [-0.1, -0.05) is 12.1 Å². The number of hydrogen-bond donors (Lipinski definition) is 1. The molecule has 0 spiro atoms. The van der Waals surface area contributed by atoms with Crippen LogP contribution in [0.3, 0.4) is 0 Å². The van der Waals surface area contributed by atoms with Crippen LogP contribution in [-0.2, 0) is 16.3 Å². The van der Waals surface area contributed by atoms with Crippen molar-refractivity contribution in [2.45, 2.75) is 30.1 Å². The van der Waals surface area contributed by atoms with Gasteiger partial charge in [-0.25, -0.2) is 18.4 Å². The zero-order chi connectivity index (χ0) is 17.9. The fraction of sp³-hybridized carbons (Fsp3) is 0.444. The minimum atomic E-state index is -3.35. The molecule has 1 aromatic carbocycles. The smallest absolute Gasteiger partial charge is 0.178 e. The third-order valence-corrected chi connectivity index (χ3v) is 5.55. The number of nitrogens with one attached hydrogen (secondary N) is 1. The molecule has 7 heteroatoms. The average molecular weight is 361 g/mol. The molecule has 0 bridgehead atoms. The van der Waals surface area contributed by atoms with Gasteiger partial charge in [0.15, 0.2) is 9.84 Å². The Balaban J connectivity index is 1.92. The topological polar surface area (TPSA) is 81.2 Å². The first-order valence-electron chi connectivity index (χ1n) is 8.37. The van der Waals surface area contributed by atoms with Crippen molar-refractivity contribution in [2.24, 2.45) is 0 Å². The number of benzene rings is 1. The quantitative estimate of drug-likeness (QED) is 0.877. The van der Waals surface area contributed by atoms with E-state index in [0.717, 1.165) is 37.2 Å². The molecule has 1 saturated heterocycles. The Morgan fingerprint density at radius 2 is 2.04 bits per heavy atom. The van der Waals surface area contributed by atoms with Crippen molar-refractivity contribution in [2.75, 3.05) is 26.5 Å². The lowest BCUT2D eigenvalue weighted by molar-refractivity contribution is 0.414. The lowest BCUT2D eigenvalue weighted by Gasteiger charge is -2.24. The zero-order valence-corrected chi connectivity index (χ0v) is 15.3. The maximum atomic E-state index is 12.1. The summed E-state index contributed by atoms with van der Waals surface area (Å²) in [6.07, 6.45) is 5.20. The molecule has 3 rings (SSSR count). The molecule has 1 N–H and O–H groups in total. The Labute approximate surface area is 148 Å². The standard InChI is InChI=1S/C18H23N3O3S/c1-24-15-7-5-13(6-8-15)10-17-20-12-16(25(2,22)23)18(21-17)14-4-3-9-19-11-14/h5-8,12,14,19H,3-4,9-11H2,1-2H3/t14-/m1/s1. The molecule has 0 radical (unpaired) electrons. The summed E-state index contributed by atoms with van der Waals surface area (Å²) in [6, 6.07) is 7.72. The number of sulfone groups is 1. The van der Waals surface area contributed by atoms with Gasteiger partial charge in [-0.15, -0.1) is 0 Å². The summed E-state index contributed by atoms with van der Waals surface area (Å²) in [4.78, 5) is 9.19. The van der Waals surface area contributed by atoms with Gasteiger partial charge in [-0.3, -0.25) is 0 Å². The zero-order valence-electron chi connectivity index (χ0n) is 14.5. The van der Waals surface area contributed by atoms with Crippen molar-refractivity contribution >= 4 is 9.84 Å². The summed E-state index contributed by atoms with van der Waals surface area (Å²) in [5.74, 6) is 1.54. The molecule has 1 atom stereocenters. The van der Waals surface area contributed by atoms with Crippen molar-refractivity contribution in [3.8, 4) is 5.75 Å². The van der Waals surface area contributed by atoms with E-state index in [1.165, 1.54) is 12.5 Å². The lowest BCUT2D eigenvalue weighted by Crippen LogP contribution is -2.30. The van der Waals surface area contributed by atoms with Gasteiger partial charge in [0, 0.05) is 31.3 Å². The van der Waals surface area contributed by atoms with Gasteiger partial charge in [-0.05, 0) is 37.1 Å². The predicted octanol–water partition coefficient (Wildman–Crippen LogP) is 1.95. The number of aromatic nitrogens is 2. The fourth-order valence-electron chi connectivity index (χ4n) is 3.10. The van der Waals surface area contributed by atoms with E-state index in [2.05, 4.69) is 15.3 Å². The summed E-state index contributed by atoms with van der Waals surface area (Å²) in [6.45, 7) is 1.72. The Hall–Kier alpha value is -1.99. The second-order valence-corrected chi connectivity index (χ2v) is 8.36. The molecule has 1 fully saturated rings. The first-order valence-corrected chi connectivity index (χ1v) is 10.3. The Bertz CT molecular complexity index is 829. The minimum absolute atomic E-state index is 0.107. The van der Waals surface area contributed by atoms with E-state index in [1.807, 2.05) is 24.3 Å². The summed E-state index contributed by atoms with van der Waals surface area (Å²) in [5, 5.41) is 3.32. The van der Waals surface area contributed by atoms with Gasteiger partial charge in [0.25, 0.3) is 0 Å². The van der Waals surface area contributed by atoms with E-state index >= 15 is 0 Å². The van der Waals surface area contributed by atoms with Crippen molar-refractivity contribution < 1.29 is 13.2 Å². The van der Waals surface area contributed by atoms with Crippen LogP contribution in [0.5, 0.6) is 5.75 Å². The largest absolute Gasteiger partial charge is 0.497 e. The van der Waals surface area contributed by atoms with E-state index in [0.29, 0.717) is 17.9 Å². The van der Waals surface area contributed by atoms with E-state index in [4.69, 9.17) is 4.74 Å². The van der Waals surface area contributed by atoms with Crippen LogP contribution < -0.4 is 10.1 Å². The monoisotopic (exact) mass is 361 g/mol. The summed E-state index contributed by atoms with van der Waals surface area (Å²) in [5.41, 5.74) is 1.70. The summed E-state index contributed by atoms with van der Waals surface area (Å²) in [7, 11) is -1.72. The van der Waals surface area contributed by atoms with Crippen molar-refractivity contribution in [1.82, 2.24) is 15.3 Å². The Morgan fingerprint density at radius 3 is 2.64 bits per heavy atom. The third kappa shape index (κ3) is 4.35. The number of ether oxygens (including phenoxy) is 1. The van der Waals surface area contributed by atoms with Gasteiger partial charge in [0.05, 0.1) is 12.8 Å². The van der Waals surface area contributed by atoms with Crippen LogP contribution in [0.2, 0.25) is 0 Å². The van der Waals surface area contributed by atoms with Crippen LogP contribution in [-0.4, -0.2) is 44.8 Å². The van der Waals surface area contributed by atoms with Gasteiger partial charge >= 0.3 is 0 Å². The molecule has 1 aromatic heterocycles. The SMILES string of the molecule is COc1ccc(Cc2ncc(S(C)(=O)=O)c([C@@H]3CCCNC3)n2)cc1. The second-order valence-electron chi connectivity index (χ2n) is 6.38. The molecular formula is C18H23N3O3S. The number of hydrogen-bond acceptors (Lipinski definition) is 6. The molecule has 0 unspecified atom stereocenters.